The molecule has 0 unspecified atom stereocenters. The standard InChI is InChI=1S/C17H22N2O5S/c1-19(2)16(22)10-18-15(21)11-24-17(23)9-8-14(20)12-4-6-13(25-3)7-5-12/h4-7H,8-11H2,1-3H3,(H,18,21). The van der Waals surface area contributed by atoms with E-state index in [0.29, 0.717) is 5.56 Å². The zero-order valence-corrected chi connectivity index (χ0v) is 15.4. The van der Waals surface area contributed by atoms with E-state index in [4.69, 9.17) is 4.74 Å². The Kier molecular flexibility index (Phi) is 8.69. The van der Waals surface area contributed by atoms with Crippen LogP contribution in [0.15, 0.2) is 29.2 Å². The summed E-state index contributed by atoms with van der Waals surface area (Å²) in [6.07, 6.45) is 1.85. The van der Waals surface area contributed by atoms with Gasteiger partial charge in [0, 0.05) is 31.0 Å². The Hall–Kier alpha value is -2.35. The molecule has 136 valence electrons. The normalized spacial score (nSPS) is 10.0. The molecule has 2 amide bonds. The molecule has 1 aromatic carbocycles. The van der Waals surface area contributed by atoms with E-state index in [2.05, 4.69) is 5.32 Å². The van der Waals surface area contributed by atoms with Gasteiger partial charge in [-0.15, -0.1) is 11.8 Å². The van der Waals surface area contributed by atoms with Crippen molar-refractivity contribution in [3.63, 3.8) is 0 Å². The number of thioether (sulfide) groups is 1. The van der Waals surface area contributed by atoms with Gasteiger partial charge in [0.25, 0.3) is 5.91 Å². The van der Waals surface area contributed by atoms with E-state index in [1.807, 2.05) is 18.4 Å². The number of amides is 2. The van der Waals surface area contributed by atoms with Gasteiger partial charge < -0.3 is 15.0 Å². The molecule has 0 atom stereocenters. The maximum atomic E-state index is 12.0. The smallest absolute Gasteiger partial charge is 0.306 e. The molecule has 1 aromatic rings. The van der Waals surface area contributed by atoms with Crippen molar-refractivity contribution in [2.75, 3.05) is 33.5 Å². The Bertz CT molecular complexity index is 628. The van der Waals surface area contributed by atoms with Crippen LogP contribution in [-0.2, 0) is 19.1 Å². The number of carbonyl (C=O) groups is 4. The molecule has 0 fully saturated rings. The molecule has 0 bridgehead atoms. The highest BCUT2D eigenvalue weighted by Crippen LogP contribution is 2.16. The second-order valence-corrected chi connectivity index (χ2v) is 6.26. The zero-order valence-electron chi connectivity index (χ0n) is 14.5. The lowest BCUT2D eigenvalue weighted by Gasteiger charge is -2.11. The molecule has 0 heterocycles. The lowest BCUT2D eigenvalue weighted by molar-refractivity contribution is -0.148. The van der Waals surface area contributed by atoms with Gasteiger partial charge in [0.15, 0.2) is 12.4 Å². The lowest BCUT2D eigenvalue weighted by Crippen LogP contribution is -2.38. The number of likely N-dealkylation sites (N-methyl/N-ethyl adjacent to an activating group) is 1. The monoisotopic (exact) mass is 366 g/mol. The Morgan fingerprint density at radius 2 is 1.72 bits per heavy atom. The molecule has 0 spiro atoms. The summed E-state index contributed by atoms with van der Waals surface area (Å²) in [6.45, 7) is -0.635. The van der Waals surface area contributed by atoms with E-state index in [1.165, 1.54) is 4.90 Å². The number of nitrogens with zero attached hydrogens (tertiary/aromatic N) is 1. The molecule has 0 aliphatic heterocycles. The largest absolute Gasteiger partial charge is 0.456 e. The van der Waals surface area contributed by atoms with Crippen molar-refractivity contribution in [1.82, 2.24) is 10.2 Å². The number of nitrogens with one attached hydrogen (secondary N) is 1. The van der Waals surface area contributed by atoms with Crippen LogP contribution in [-0.4, -0.2) is 62.0 Å². The maximum absolute atomic E-state index is 12.0. The van der Waals surface area contributed by atoms with E-state index in [9.17, 15) is 19.2 Å². The number of esters is 1. The highest BCUT2D eigenvalue weighted by atomic mass is 32.2. The third kappa shape index (κ3) is 7.84. The first-order chi connectivity index (χ1) is 11.8. The van der Waals surface area contributed by atoms with E-state index < -0.39 is 18.5 Å². The third-order valence-corrected chi connectivity index (χ3v) is 4.01. The quantitative estimate of drug-likeness (QED) is 0.400. The van der Waals surface area contributed by atoms with Crippen molar-refractivity contribution in [3.8, 4) is 0 Å². The SMILES string of the molecule is CSc1ccc(C(=O)CCC(=O)OCC(=O)NCC(=O)N(C)C)cc1. The van der Waals surface area contributed by atoms with Crippen molar-refractivity contribution < 1.29 is 23.9 Å². The van der Waals surface area contributed by atoms with E-state index in [1.54, 1.807) is 38.0 Å². The summed E-state index contributed by atoms with van der Waals surface area (Å²) in [5, 5.41) is 2.34. The fourth-order valence-electron chi connectivity index (χ4n) is 1.74. The molecule has 0 aliphatic rings. The number of ether oxygens (including phenoxy) is 1. The fourth-order valence-corrected chi connectivity index (χ4v) is 2.15. The molecule has 25 heavy (non-hydrogen) atoms. The Balaban J connectivity index is 2.28. The van der Waals surface area contributed by atoms with Gasteiger partial charge in [0.1, 0.15) is 0 Å². The van der Waals surface area contributed by atoms with Crippen LogP contribution in [0.3, 0.4) is 0 Å². The molecule has 0 saturated heterocycles. The van der Waals surface area contributed by atoms with Crippen LogP contribution in [0.1, 0.15) is 23.2 Å². The van der Waals surface area contributed by atoms with Crippen LogP contribution in [0, 0.1) is 0 Å². The summed E-state index contributed by atoms with van der Waals surface area (Å²) < 4.78 is 4.79. The summed E-state index contributed by atoms with van der Waals surface area (Å²) in [5.41, 5.74) is 0.533. The number of ketones is 1. The first-order valence-corrected chi connectivity index (χ1v) is 8.85. The molecular weight excluding hydrogens is 344 g/mol. The number of benzene rings is 1. The fraction of sp³-hybridized carbons (Fsp3) is 0.412. The van der Waals surface area contributed by atoms with Crippen LogP contribution in [0.4, 0.5) is 0 Å². The van der Waals surface area contributed by atoms with Crippen LogP contribution in [0.25, 0.3) is 0 Å². The van der Waals surface area contributed by atoms with Crippen molar-refractivity contribution in [1.29, 1.82) is 0 Å². The summed E-state index contributed by atoms with van der Waals surface area (Å²) >= 11 is 1.58. The highest BCUT2D eigenvalue weighted by Gasteiger charge is 2.13. The second kappa shape index (κ2) is 10.5. The van der Waals surface area contributed by atoms with E-state index in [0.717, 1.165) is 4.90 Å². The molecule has 8 heteroatoms. The average Bonchev–Trinajstić information content (AvgIpc) is 2.62. The molecule has 0 aliphatic carbocycles. The number of carbonyl (C=O) groups excluding carboxylic acids is 4. The van der Waals surface area contributed by atoms with Gasteiger partial charge in [0.05, 0.1) is 13.0 Å². The van der Waals surface area contributed by atoms with E-state index >= 15 is 0 Å². The molecule has 1 rings (SSSR count). The highest BCUT2D eigenvalue weighted by molar-refractivity contribution is 7.98. The summed E-state index contributed by atoms with van der Waals surface area (Å²) in [6, 6.07) is 7.12. The minimum atomic E-state index is -0.636. The predicted octanol–water partition coefficient (Wildman–Crippen LogP) is 1.12. The maximum Gasteiger partial charge on any atom is 0.306 e. The molecular formula is C17H22N2O5S. The van der Waals surface area contributed by atoms with Crippen molar-refractivity contribution in [2.45, 2.75) is 17.7 Å². The van der Waals surface area contributed by atoms with Crippen LogP contribution < -0.4 is 5.32 Å². The Labute approximate surface area is 151 Å². The van der Waals surface area contributed by atoms with Gasteiger partial charge in [0.2, 0.25) is 5.91 Å². The van der Waals surface area contributed by atoms with Gasteiger partial charge >= 0.3 is 5.97 Å². The van der Waals surface area contributed by atoms with Gasteiger partial charge in [-0.05, 0) is 18.4 Å². The summed E-state index contributed by atoms with van der Waals surface area (Å²) in [7, 11) is 3.14. The lowest BCUT2D eigenvalue weighted by atomic mass is 10.1. The predicted molar refractivity (Wildman–Crippen MR) is 94.5 cm³/mol. The first-order valence-electron chi connectivity index (χ1n) is 7.63. The minimum Gasteiger partial charge on any atom is -0.456 e. The number of rotatable bonds is 9. The number of hydrogen-bond donors (Lipinski definition) is 1. The summed E-state index contributed by atoms with van der Waals surface area (Å²) in [4.78, 5) is 48.7. The first kappa shape index (κ1) is 20.7. The average molecular weight is 366 g/mol. The van der Waals surface area contributed by atoms with Gasteiger partial charge in [-0.25, -0.2) is 0 Å². The van der Waals surface area contributed by atoms with Gasteiger partial charge in [-0.2, -0.15) is 0 Å². The van der Waals surface area contributed by atoms with Gasteiger partial charge in [-0.3, -0.25) is 19.2 Å². The third-order valence-electron chi connectivity index (χ3n) is 3.27. The number of Topliss-reactive ketones (excluding diaryl/α,β-unsaturated/α-hetero) is 1. The Morgan fingerprint density at radius 3 is 2.28 bits per heavy atom. The van der Waals surface area contributed by atoms with E-state index in [-0.39, 0.29) is 31.1 Å². The number of hydrogen-bond acceptors (Lipinski definition) is 6. The summed E-state index contributed by atoms with van der Waals surface area (Å²) in [5.74, 6) is -1.63. The molecule has 0 radical (unpaired) electrons. The van der Waals surface area contributed by atoms with Gasteiger partial charge in [-0.1, -0.05) is 12.1 Å². The Morgan fingerprint density at radius 1 is 1.08 bits per heavy atom. The topological polar surface area (TPSA) is 92.8 Å². The van der Waals surface area contributed by atoms with Crippen molar-refractivity contribution in [3.05, 3.63) is 29.8 Å². The minimum absolute atomic E-state index is 0.0121. The molecule has 1 N–H and O–H groups in total. The molecule has 0 aromatic heterocycles. The second-order valence-electron chi connectivity index (χ2n) is 5.38. The van der Waals surface area contributed by atoms with Crippen LogP contribution in [0.5, 0.6) is 0 Å². The molecule has 7 nitrogen and oxygen atoms in total. The van der Waals surface area contributed by atoms with Crippen molar-refractivity contribution >= 4 is 35.3 Å². The molecule has 0 saturated carbocycles. The van der Waals surface area contributed by atoms with Crippen LogP contribution >= 0.6 is 11.8 Å². The van der Waals surface area contributed by atoms with Crippen LogP contribution in [0.2, 0.25) is 0 Å². The van der Waals surface area contributed by atoms with Crippen molar-refractivity contribution in [2.24, 2.45) is 0 Å². The zero-order chi connectivity index (χ0) is 18.8.